The second-order valence-electron chi connectivity index (χ2n) is 3.52. The van der Waals surface area contributed by atoms with Gasteiger partial charge in [0.25, 0.3) is 5.91 Å². The van der Waals surface area contributed by atoms with Crippen LogP contribution in [0.25, 0.3) is 0 Å². The quantitative estimate of drug-likeness (QED) is 0.894. The van der Waals surface area contributed by atoms with Gasteiger partial charge in [-0.25, -0.2) is 9.18 Å². The number of halogens is 2. The van der Waals surface area contributed by atoms with Crippen molar-refractivity contribution in [1.29, 1.82) is 0 Å². The van der Waals surface area contributed by atoms with Crippen molar-refractivity contribution in [2.75, 3.05) is 5.32 Å². The average Bonchev–Trinajstić information content (AvgIpc) is 2.77. The van der Waals surface area contributed by atoms with Gasteiger partial charge in [0.05, 0.1) is 11.3 Å². The highest BCUT2D eigenvalue weighted by atomic mass is 79.9. The van der Waals surface area contributed by atoms with Crippen LogP contribution in [0, 0.1) is 5.82 Å². The molecule has 2 aromatic rings. The molecule has 0 aliphatic heterocycles. The lowest BCUT2D eigenvalue weighted by molar-refractivity contribution is 0.0697. The smallest absolute Gasteiger partial charge is 0.337 e. The fourth-order valence-corrected chi connectivity index (χ4v) is 2.90. The van der Waals surface area contributed by atoms with Crippen molar-refractivity contribution in [3.63, 3.8) is 0 Å². The Kier molecular flexibility index (Phi) is 3.96. The summed E-state index contributed by atoms with van der Waals surface area (Å²) in [4.78, 5) is 23.3. The molecule has 0 aliphatic carbocycles. The van der Waals surface area contributed by atoms with E-state index in [9.17, 15) is 14.0 Å². The van der Waals surface area contributed by atoms with Crippen LogP contribution in [-0.2, 0) is 0 Å². The van der Waals surface area contributed by atoms with E-state index in [4.69, 9.17) is 5.11 Å². The third-order valence-electron chi connectivity index (χ3n) is 2.31. The van der Waals surface area contributed by atoms with Gasteiger partial charge in [-0.15, -0.1) is 11.3 Å². The Morgan fingerprint density at radius 2 is 2.05 bits per heavy atom. The van der Waals surface area contributed by atoms with Gasteiger partial charge in [-0.05, 0) is 39.5 Å². The van der Waals surface area contributed by atoms with Gasteiger partial charge in [0, 0.05) is 4.47 Å². The highest BCUT2D eigenvalue weighted by molar-refractivity contribution is 9.10. The van der Waals surface area contributed by atoms with Crippen molar-refractivity contribution in [3.05, 3.63) is 50.4 Å². The van der Waals surface area contributed by atoms with Crippen molar-refractivity contribution >= 4 is 44.8 Å². The van der Waals surface area contributed by atoms with Crippen LogP contribution in [0.15, 0.2) is 34.1 Å². The minimum absolute atomic E-state index is 0.291. The number of carbonyl (C=O) groups is 2. The van der Waals surface area contributed by atoms with Crippen molar-refractivity contribution in [2.24, 2.45) is 0 Å². The van der Waals surface area contributed by atoms with Crippen LogP contribution in [-0.4, -0.2) is 17.0 Å². The summed E-state index contributed by atoms with van der Waals surface area (Å²) >= 11 is 4.35. The number of para-hydroxylation sites is 1. The molecule has 0 saturated heterocycles. The molecule has 0 atom stereocenters. The Morgan fingerprint density at radius 1 is 1.32 bits per heavy atom. The van der Waals surface area contributed by atoms with Gasteiger partial charge in [-0.2, -0.15) is 0 Å². The summed E-state index contributed by atoms with van der Waals surface area (Å²) in [5, 5.41) is 12.9. The van der Waals surface area contributed by atoms with Gasteiger partial charge in [-0.3, -0.25) is 4.79 Å². The Labute approximate surface area is 120 Å². The van der Waals surface area contributed by atoms with Crippen molar-refractivity contribution in [3.8, 4) is 0 Å². The Morgan fingerprint density at radius 3 is 2.63 bits per heavy atom. The zero-order valence-electron chi connectivity index (χ0n) is 9.31. The molecule has 2 N–H and O–H groups in total. The number of carboxylic acids is 1. The van der Waals surface area contributed by atoms with Gasteiger partial charge in [-0.1, -0.05) is 6.07 Å². The predicted octanol–water partition coefficient (Wildman–Crippen LogP) is 3.60. The van der Waals surface area contributed by atoms with Crippen LogP contribution in [0.1, 0.15) is 20.0 Å². The summed E-state index contributed by atoms with van der Waals surface area (Å²) in [5.41, 5.74) is -0.624. The van der Waals surface area contributed by atoms with E-state index in [1.54, 1.807) is 11.4 Å². The lowest BCUT2D eigenvalue weighted by Crippen LogP contribution is -2.15. The van der Waals surface area contributed by atoms with Crippen molar-refractivity contribution in [2.45, 2.75) is 0 Å². The second-order valence-corrected chi connectivity index (χ2v) is 5.29. The topological polar surface area (TPSA) is 66.4 Å². The number of hydrogen-bond acceptors (Lipinski definition) is 3. The van der Waals surface area contributed by atoms with E-state index in [1.807, 2.05) is 0 Å². The van der Waals surface area contributed by atoms with E-state index in [0.717, 1.165) is 6.07 Å². The largest absolute Gasteiger partial charge is 0.478 e. The van der Waals surface area contributed by atoms with Crippen LogP contribution in [0.5, 0.6) is 0 Å². The van der Waals surface area contributed by atoms with E-state index >= 15 is 0 Å². The summed E-state index contributed by atoms with van der Waals surface area (Å²) in [6.07, 6.45) is 0. The SMILES string of the molecule is O=C(O)c1cccc(F)c1NC(=O)c1sccc1Br. The number of aromatic carboxylic acids is 1. The summed E-state index contributed by atoms with van der Waals surface area (Å²) in [7, 11) is 0. The first kappa shape index (κ1) is 13.7. The molecule has 19 heavy (non-hydrogen) atoms. The first-order chi connectivity index (χ1) is 9.00. The highest BCUT2D eigenvalue weighted by Gasteiger charge is 2.19. The van der Waals surface area contributed by atoms with E-state index in [1.165, 1.54) is 23.5 Å². The molecule has 0 aliphatic rings. The molecule has 0 spiro atoms. The summed E-state index contributed by atoms with van der Waals surface area (Å²) in [5.74, 6) is -2.66. The van der Waals surface area contributed by atoms with Gasteiger partial charge in [0.1, 0.15) is 10.7 Å². The average molecular weight is 344 g/mol. The Hall–Kier alpha value is -1.73. The van der Waals surface area contributed by atoms with Gasteiger partial charge in [0.15, 0.2) is 0 Å². The molecule has 1 heterocycles. The second kappa shape index (κ2) is 5.50. The van der Waals surface area contributed by atoms with E-state index in [2.05, 4.69) is 21.2 Å². The fraction of sp³-hybridized carbons (Fsp3) is 0. The zero-order chi connectivity index (χ0) is 14.0. The molecule has 1 aromatic carbocycles. The Bertz CT molecular complexity index is 656. The van der Waals surface area contributed by atoms with Crippen LogP contribution < -0.4 is 5.32 Å². The zero-order valence-corrected chi connectivity index (χ0v) is 11.7. The number of anilines is 1. The fourth-order valence-electron chi connectivity index (χ4n) is 1.46. The number of carbonyl (C=O) groups excluding carboxylic acids is 1. The number of thiophene rings is 1. The summed E-state index contributed by atoms with van der Waals surface area (Å²) < 4.78 is 14.2. The molecule has 0 radical (unpaired) electrons. The van der Waals surface area contributed by atoms with E-state index < -0.39 is 17.7 Å². The minimum atomic E-state index is -1.31. The lowest BCUT2D eigenvalue weighted by Gasteiger charge is -2.08. The molecule has 98 valence electrons. The first-order valence-electron chi connectivity index (χ1n) is 5.07. The van der Waals surface area contributed by atoms with E-state index in [0.29, 0.717) is 9.35 Å². The van der Waals surface area contributed by atoms with Crippen LogP contribution in [0.2, 0.25) is 0 Å². The van der Waals surface area contributed by atoms with Crippen molar-refractivity contribution < 1.29 is 19.1 Å². The standard InChI is InChI=1S/C12H7BrFNO3S/c13-7-4-5-19-10(7)11(16)15-9-6(12(17)18)2-1-3-8(9)14/h1-5H,(H,15,16)(H,17,18). The third-order valence-corrected chi connectivity index (χ3v) is 4.14. The van der Waals surface area contributed by atoms with Crippen molar-refractivity contribution in [1.82, 2.24) is 0 Å². The maximum atomic E-state index is 13.6. The minimum Gasteiger partial charge on any atom is -0.478 e. The lowest BCUT2D eigenvalue weighted by atomic mass is 10.1. The number of carboxylic acid groups (broad SMARTS) is 1. The number of hydrogen-bond donors (Lipinski definition) is 2. The van der Waals surface area contributed by atoms with Crippen LogP contribution >= 0.6 is 27.3 Å². The third kappa shape index (κ3) is 2.82. The molecule has 7 heteroatoms. The van der Waals surface area contributed by atoms with E-state index in [-0.39, 0.29) is 11.3 Å². The maximum Gasteiger partial charge on any atom is 0.337 e. The molecule has 2 rings (SSSR count). The molecule has 4 nitrogen and oxygen atoms in total. The van der Waals surface area contributed by atoms with Gasteiger partial charge < -0.3 is 10.4 Å². The number of amides is 1. The highest BCUT2D eigenvalue weighted by Crippen LogP contribution is 2.26. The first-order valence-corrected chi connectivity index (χ1v) is 6.74. The number of benzene rings is 1. The molecule has 0 unspecified atom stereocenters. The van der Waals surface area contributed by atoms with Crippen LogP contribution in [0.4, 0.5) is 10.1 Å². The monoisotopic (exact) mass is 343 g/mol. The normalized spacial score (nSPS) is 10.2. The molecular weight excluding hydrogens is 337 g/mol. The predicted molar refractivity (Wildman–Crippen MR) is 73.3 cm³/mol. The Balaban J connectivity index is 2.36. The number of rotatable bonds is 3. The van der Waals surface area contributed by atoms with Gasteiger partial charge in [0.2, 0.25) is 0 Å². The number of nitrogens with one attached hydrogen (secondary N) is 1. The molecule has 1 amide bonds. The molecule has 1 aromatic heterocycles. The molecular formula is C12H7BrFNO3S. The summed E-state index contributed by atoms with van der Waals surface area (Å²) in [6, 6.07) is 5.27. The van der Waals surface area contributed by atoms with Gasteiger partial charge >= 0.3 is 5.97 Å². The van der Waals surface area contributed by atoms with Crippen LogP contribution in [0.3, 0.4) is 0 Å². The maximum absolute atomic E-state index is 13.6. The molecule has 0 fully saturated rings. The molecule has 0 bridgehead atoms. The summed E-state index contributed by atoms with van der Waals surface area (Å²) in [6.45, 7) is 0. The molecule has 0 saturated carbocycles.